The molecule has 0 unspecified atom stereocenters. The smallest absolute Gasteiger partial charge is 0.228 e. The second kappa shape index (κ2) is 5.57. The van der Waals surface area contributed by atoms with Crippen molar-refractivity contribution in [1.82, 2.24) is 0 Å². The van der Waals surface area contributed by atoms with Crippen LogP contribution in [0, 0.1) is 13.8 Å². The molecule has 0 aromatic heterocycles. The van der Waals surface area contributed by atoms with E-state index in [0.29, 0.717) is 6.42 Å². The SMILES string of the molecule is Cc1cccc(NC(=O)Cc2ccc(O)cc2)c1C. The van der Waals surface area contributed by atoms with Crippen molar-refractivity contribution in [2.75, 3.05) is 5.32 Å². The van der Waals surface area contributed by atoms with Crippen LogP contribution in [0.3, 0.4) is 0 Å². The summed E-state index contributed by atoms with van der Waals surface area (Å²) in [5.41, 5.74) is 3.97. The molecule has 3 nitrogen and oxygen atoms in total. The number of nitrogens with one attached hydrogen (secondary N) is 1. The van der Waals surface area contributed by atoms with Gasteiger partial charge >= 0.3 is 0 Å². The number of hydrogen-bond acceptors (Lipinski definition) is 2. The van der Waals surface area contributed by atoms with Gasteiger partial charge in [-0.3, -0.25) is 4.79 Å². The number of anilines is 1. The van der Waals surface area contributed by atoms with Gasteiger partial charge in [0.15, 0.2) is 0 Å². The Morgan fingerprint density at radius 2 is 1.79 bits per heavy atom. The van der Waals surface area contributed by atoms with Crippen molar-refractivity contribution in [2.45, 2.75) is 20.3 Å². The fourth-order valence-corrected chi connectivity index (χ4v) is 1.88. The van der Waals surface area contributed by atoms with E-state index in [0.717, 1.165) is 22.4 Å². The van der Waals surface area contributed by atoms with E-state index in [2.05, 4.69) is 5.32 Å². The molecule has 0 saturated carbocycles. The second-order valence-corrected chi connectivity index (χ2v) is 4.64. The van der Waals surface area contributed by atoms with Crippen molar-refractivity contribution < 1.29 is 9.90 Å². The monoisotopic (exact) mass is 255 g/mol. The Balaban J connectivity index is 2.05. The summed E-state index contributed by atoms with van der Waals surface area (Å²) in [4.78, 5) is 12.0. The minimum Gasteiger partial charge on any atom is -0.508 e. The number of amides is 1. The van der Waals surface area contributed by atoms with E-state index in [9.17, 15) is 9.90 Å². The van der Waals surface area contributed by atoms with Crippen LogP contribution < -0.4 is 5.32 Å². The first-order valence-corrected chi connectivity index (χ1v) is 6.20. The lowest BCUT2D eigenvalue weighted by Crippen LogP contribution is -2.15. The molecule has 0 bridgehead atoms. The van der Waals surface area contributed by atoms with Gasteiger partial charge in [-0.15, -0.1) is 0 Å². The Morgan fingerprint density at radius 3 is 2.47 bits per heavy atom. The number of aryl methyl sites for hydroxylation is 1. The summed E-state index contributed by atoms with van der Waals surface area (Å²) in [6, 6.07) is 12.5. The van der Waals surface area contributed by atoms with Gasteiger partial charge < -0.3 is 10.4 Å². The highest BCUT2D eigenvalue weighted by Gasteiger charge is 2.07. The van der Waals surface area contributed by atoms with Crippen molar-refractivity contribution >= 4 is 11.6 Å². The maximum absolute atomic E-state index is 12.0. The summed E-state index contributed by atoms with van der Waals surface area (Å²) < 4.78 is 0. The number of rotatable bonds is 3. The predicted octanol–water partition coefficient (Wildman–Crippen LogP) is 3.19. The van der Waals surface area contributed by atoms with Crippen LogP contribution in [0.5, 0.6) is 5.75 Å². The van der Waals surface area contributed by atoms with Crippen LogP contribution in [0.4, 0.5) is 5.69 Å². The molecule has 2 aromatic carbocycles. The predicted molar refractivity (Wildman–Crippen MR) is 76.4 cm³/mol. The molecule has 98 valence electrons. The second-order valence-electron chi connectivity index (χ2n) is 4.64. The van der Waals surface area contributed by atoms with Gasteiger partial charge in [-0.05, 0) is 48.7 Å². The summed E-state index contributed by atoms with van der Waals surface area (Å²) in [7, 11) is 0. The van der Waals surface area contributed by atoms with Crippen LogP contribution in [-0.2, 0) is 11.2 Å². The van der Waals surface area contributed by atoms with Gasteiger partial charge in [-0.2, -0.15) is 0 Å². The van der Waals surface area contributed by atoms with E-state index >= 15 is 0 Å². The van der Waals surface area contributed by atoms with E-state index < -0.39 is 0 Å². The molecule has 1 amide bonds. The van der Waals surface area contributed by atoms with E-state index in [1.54, 1.807) is 24.3 Å². The maximum Gasteiger partial charge on any atom is 0.228 e. The zero-order valence-corrected chi connectivity index (χ0v) is 11.1. The Hall–Kier alpha value is -2.29. The van der Waals surface area contributed by atoms with Gasteiger partial charge in [-0.1, -0.05) is 24.3 Å². The highest BCUT2D eigenvalue weighted by Crippen LogP contribution is 2.18. The van der Waals surface area contributed by atoms with Gasteiger partial charge in [0.2, 0.25) is 5.91 Å². The lowest BCUT2D eigenvalue weighted by molar-refractivity contribution is -0.115. The summed E-state index contributed by atoms with van der Waals surface area (Å²) >= 11 is 0. The third kappa shape index (κ3) is 3.35. The summed E-state index contributed by atoms with van der Waals surface area (Å²) in [6.07, 6.45) is 0.299. The molecule has 0 saturated heterocycles. The van der Waals surface area contributed by atoms with Crippen LogP contribution in [0.15, 0.2) is 42.5 Å². The van der Waals surface area contributed by atoms with Gasteiger partial charge in [0.25, 0.3) is 0 Å². The van der Waals surface area contributed by atoms with Gasteiger partial charge in [-0.25, -0.2) is 0 Å². The summed E-state index contributed by atoms with van der Waals surface area (Å²) in [5.74, 6) is 0.151. The lowest BCUT2D eigenvalue weighted by Gasteiger charge is -2.10. The highest BCUT2D eigenvalue weighted by molar-refractivity contribution is 5.93. The van der Waals surface area contributed by atoms with Gasteiger partial charge in [0.05, 0.1) is 6.42 Å². The zero-order valence-electron chi connectivity index (χ0n) is 11.1. The number of phenols is 1. The quantitative estimate of drug-likeness (QED) is 0.885. The molecule has 0 aliphatic heterocycles. The molecule has 0 aliphatic carbocycles. The Labute approximate surface area is 112 Å². The number of phenolic OH excluding ortho intramolecular Hbond substituents is 1. The van der Waals surface area contributed by atoms with Crippen molar-refractivity contribution in [2.24, 2.45) is 0 Å². The van der Waals surface area contributed by atoms with E-state index in [1.807, 2.05) is 32.0 Å². The fraction of sp³-hybridized carbons (Fsp3) is 0.188. The van der Waals surface area contributed by atoms with Crippen LogP contribution in [0.1, 0.15) is 16.7 Å². The lowest BCUT2D eigenvalue weighted by atomic mass is 10.1. The topological polar surface area (TPSA) is 49.3 Å². The molecule has 2 rings (SSSR count). The first-order valence-electron chi connectivity index (χ1n) is 6.20. The molecule has 0 heterocycles. The van der Waals surface area contributed by atoms with Crippen molar-refractivity contribution in [3.05, 3.63) is 59.2 Å². The zero-order chi connectivity index (χ0) is 13.8. The Bertz CT molecular complexity index is 588. The summed E-state index contributed by atoms with van der Waals surface area (Å²) in [6.45, 7) is 4.01. The molecular formula is C16H17NO2. The van der Waals surface area contributed by atoms with Gasteiger partial charge in [0.1, 0.15) is 5.75 Å². The van der Waals surface area contributed by atoms with Crippen LogP contribution >= 0.6 is 0 Å². The number of benzene rings is 2. The van der Waals surface area contributed by atoms with Crippen LogP contribution in [0.25, 0.3) is 0 Å². The van der Waals surface area contributed by atoms with Crippen LogP contribution in [-0.4, -0.2) is 11.0 Å². The van der Waals surface area contributed by atoms with Gasteiger partial charge in [0, 0.05) is 5.69 Å². The normalized spacial score (nSPS) is 10.2. The molecular weight excluding hydrogens is 238 g/mol. The van der Waals surface area contributed by atoms with E-state index in [1.165, 1.54) is 0 Å². The number of hydrogen-bond donors (Lipinski definition) is 2. The molecule has 19 heavy (non-hydrogen) atoms. The first kappa shape index (κ1) is 13.1. The number of aromatic hydroxyl groups is 1. The van der Waals surface area contributed by atoms with Crippen molar-refractivity contribution in [1.29, 1.82) is 0 Å². The first-order chi connectivity index (χ1) is 9.06. The minimum atomic E-state index is -0.0561. The molecule has 2 N–H and O–H groups in total. The third-order valence-corrected chi connectivity index (χ3v) is 3.18. The Morgan fingerprint density at radius 1 is 1.11 bits per heavy atom. The van der Waals surface area contributed by atoms with E-state index in [4.69, 9.17) is 0 Å². The Kier molecular flexibility index (Phi) is 3.85. The molecule has 0 atom stereocenters. The van der Waals surface area contributed by atoms with Crippen molar-refractivity contribution in [3.8, 4) is 5.75 Å². The fourth-order valence-electron chi connectivity index (χ4n) is 1.88. The van der Waals surface area contributed by atoms with Crippen LogP contribution in [0.2, 0.25) is 0 Å². The standard InChI is InChI=1S/C16H17NO2/c1-11-4-3-5-15(12(11)2)17-16(19)10-13-6-8-14(18)9-7-13/h3-9,18H,10H2,1-2H3,(H,17,19). The molecule has 0 aliphatic rings. The molecule has 0 fully saturated rings. The highest BCUT2D eigenvalue weighted by atomic mass is 16.3. The summed E-state index contributed by atoms with van der Waals surface area (Å²) in [5, 5.41) is 12.1. The number of carbonyl (C=O) groups excluding carboxylic acids is 1. The molecule has 3 heteroatoms. The van der Waals surface area contributed by atoms with E-state index in [-0.39, 0.29) is 11.7 Å². The minimum absolute atomic E-state index is 0.0561. The average Bonchev–Trinajstić information content (AvgIpc) is 2.38. The average molecular weight is 255 g/mol. The third-order valence-electron chi connectivity index (χ3n) is 3.18. The molecule has 0 spiro atoms. The molecule has 0 radical (unpaired) electrons. The van der Waals surface area contributed by atoms with Crippen molar-refractivity contribution in [3.63, 3.8) is 0 Å². The number of carbonyl (C=O) groups is 1. The largest absolute Gasteiger partial charge is 0.508 e. The maximum atomic E-state index is 12.0. The molecule has 2 aromatic rings.